The molecule has 2 amide bonds. The first-order chi connectivity index (χ1) is 22.2. The summed E-state index contributed by atoms with van der Waals surface area (Å²) in [6.45, 7) is 2.32. The van der Waals surface area contributed by atoms with E-state index in [0.717, 1.165) is 5.75 Å². The van der Waals surface area contributed by atoms with Gasteiger partial charge in [0, 0.05) is 29.8 Å². The van der Waals surface area contributed by atoms with Crippen LogP contribution in [0.2, 0.25) is 0 Å². The van der Waals surface area contributed by atoms with Crippen molar-refractivity contribution in [2.75, 3.05) is 18.5 Å². The lowest BCUT2D eigenvalue weighted by Crippen LogP contribution is -2.40. The fraction of sp³-hybridized carbons (Fsp3) is 0.226. The number of carboxylic acid groups (broad SMARTS) is 4. The Kier molecular flexibility index (Phi) is 17.3. The monoisotopic (exact) mass is 657 g/mol. The van der Waals surface area contributed by atoms with Crippen LogP contribution in [0.4, 0.5) is 5.69 Å². The zero-order valence-electron chi connectivity index (χ0n) is 25.1. The first kappa shape index (κ1) is 39.0. The minimum absolute atomic E-state index is 0.0253. The zero-order valence-corrected chi connectivity index (χ0v) is 25.1. The van der Waals surface area contributed by atoms with Crippen LogP contribution >= 0.6 is 0 Å². The molecule has 0 saturated carbocycles. The Morgan fingerprint density at radius 1 is 0.787 bits per heavy atom. The molecule has 16 nitrogen and oxygen atoms in total. The number of benzene rings is 3. The van der Waals surface area contributed by atoms with Crippen LogP contribution in [0.3, 0.4) is 0 Å². The second kappa shape index (κ2) is 20.9. The number of aromatic carboxylic acids is 1. The van der Waals surface area contributed by atoms with Gasteiger partial charge in [-0.1, -0.05) is 18.2 Å². The Morgan fingerprint density at radius 2 is 1.43 bits per heavy atom. The van der Waals surface area contributed by atoms with Gasteiger partial charge in [0.1, 0.15) is 11.5 Å². The van der Waals surface area contributed by atoms with Gasteiger partial charge in [-0.05, 0) is 61.5 Å². The number of anilines is 1. The van der Waals surface area contributed by atoms with Crippen LogP contribution in [0.25, 0.3) is 0 Å². The fourth-order valence-corrected chi connectivity index (χ4v) is 3.27. The second-order valence-electron chi connectivity index (χ2n) is 9.13. The van der Waals surface area contributed by atoms with Crippen molar-refractivity contribution in [3.05, 3.63) is 89.5 Å². The van der Waals surface area contributed by atoms with E-state index >= 15 is 0 Å². The van der Waals surface area contributed by atoms with E-state index in [4.69, 9.17) is 30.3 Å². The summed E-state index contributed by atoms with van der Waals surface area (Å²) in [4.78, 5) is 63.9. The Bertz CT molecular complexity index is 1500. The van der Waals surface area contributed by atoms with Crippen LogP contribution in [0, 0.1) is 0 Å². The van der Waals surface area contributed by atoms with Crippen molar-refractivity contribution >= 4 is 41.4 Å². The summed E-state index contributed by atoms with van der Waals surface area (Å²) >= 11 is 0. The summed E-state index contributed by atoms with van der Waals surface area (Å²) in [6, 6.07) is 18.8. The van der Waals surface area contributed by atoms with Crippen LogP contribution in [-0.4, -0.2) is 85.7 Å². The number of aromatic hydroxyl groups is 1. The molecule has 9 N–H and O–H groups in total. The molecule has 0 saturated heterocycles. The Balaban J connectivity index is 0.000000354. The number of hydrogen-bond acceptors (Lipinski definition) is 10. The molecule has 16 heteroatoms. The van der Waals surface area contributed by atoms with Gasteiger partial charge in [0.05, 0.1) is 25.1 Å². The van der Waals surface area contributed by atoms with Crippen molar-refractivity contribution in [3.8, 4) is 11.5 Å². The highest BCUT2D eigenvalue weighted by atomic mass is 16.5. The van der Waals surface area contributed by atoms with Gasteiger partial charge < -0.3 is 51.3 Å². The predicted octanol–water partition coefficient (Wildman–Crippen LogP) is 1.97. The maximum Gasteiger partial charge on any atom is 0.353 e. The topological polar surface area (TPSA) is 269 Å². The average Bonchev–Trinajstić information content (AvgIpc) is 3.02. The normalized spacial score (nSPS) is 10.4. The number of aliphatic hydroxyl groups excluding tert-OH is 1. The number of aliphatic carboxylic acids is 3. The van der Waals surface area contributed by atoms with Gasteiger partial charge in [-0.15, -0.1) is 0 Å². The van der Waals surface area contributed by atoms with Gasteiger partial charge in [0.2, 0.25) is 12.1 Å². The molecule has 0 bridgehead atoms. The minimum atomic E-state index is -1.87. The number of phenolic OH excluding ortho intramolecular Hbond substituents is 1. The van der Waals surface area contributed by atoms with Crippen molar-refractivity contribution in [1.82, 2.24) is 10.6 Å². The van der Waals surface area contributed by atoms with Gasteiger partial charge in [0.25, 0.3) is 5.91 Å². The van der Waals surface area contributed by atoms with Crippen LogP contribution < -0.4 is 20.7 Å². The summed E-state index contributed by atoms with van der Waals surface area (Å²) in [5.74, 6) is -4.86. The molecular weight excluding hydrogens is 622 g/mol. The van der Waals surface area contributed by atoms with E-state index in [1.165, 1.54) is 30.3 Å². The van der Waals surface area contributed by atoms with Crippen LogP contribution in [0.15, 0.2) is 72.8 Å². The van der Waals surface area contributed by atoms with Crippen LogP contribution in [-0.2, 0) is 25.7 Å². The fourth-order valence-electron chi connectivity index (χ4n) is 3.27. The number of carbonyl (C=O) groups is 6. The number of rotatable bonds is 14. The minimum Gasteiger partial charge on any atom is -0.508 e. The Morgan fingerprint density at radius 3 is 1.96 bits per heavy atom. The van der Waals surface area contributed by atoms with Gasteiger partial charge in [-0.25, -0.2) is 9.59 Å². The standard InChI is InChI=1S/C12H15NO4.C10H11NO5.C9H9NO4/c1-2-17-10-5-3-9(4-6-10)13-11(14)7-8-12(15)16;12-8-2-1-6(10(15)16)3-7(8)4-11-5-9(13)14;11-7(10-8(12)9(13)14)6-4-2-1-3-5-6/h3-6H,2,7-8H2,1H3,(H,13,14)(H,15,16);1-3,11-12H,4-5H2,(H,13,14)(H,15,16);1-5,8,12H,(H,10,11)(H,13,14). The number of nitrogens with one attached hydrogen (secondary N) is 3. The van der Waals surface area contributed by atoms with Gasteiger partial charge in [-0.2, -0.15) is 0 Å². The quantitative estimate of drug-likeness (QED) is 0.112. The molecule has 0 fully saturated rings. The smallest absolute Gasteiger partial charge is 0.353 e. The van der Waals surface area contributed by atoms with Gasteiger partial charge >= 0.3 is 23.9 Å². The maximum absolute atomic E-state index is 11.3. The Labute approximate surface area is 268 Å². The zero-order chi connectivity index (χ0) is 35.4. The molecule has 0 radical (unpaired) electrons. The summed E-state index contributed by atoms with van der Waals surface area (Å²) < 4.78 is 5.25. The first-order valence-corrected chi connectivity index (χ1v) is 13.7. The molecule has 0 aliphatic rings. The molecule has 3 aromatic carbocycles. The van der Waals surface area contributed by atoms with Crippen molar-refractivity contribution < 1.29 is 64.1 Å². The van der Waals surface area contributed by atoms with Crippen molar-refractivity contribution in [3.63, 3.8) is 0 Å². The summed E-state index contributed by atoms with van der Waals surface area (Å²) in [6.07, 6.45) is -2.06. The number of carboxylic acids is 4. The molecule has 0 spiro atoms. The lowest BCUT2D eigenvalue weighted by atomic mass is 10.1. The van der Waals surface area contributed by atoms with Crippen molar-refractivity contribution in [2.24, 2.45) is 0 Å². The molecule has 0 aliphatic carbocycles. The average molecular weight is 658 g/mol. The van der Waals surface area contributed by atoms with Gasteiger partial charge in [0.15, 0.2) is 0 Å². The molecule has 1 atom stereocenters. The Hall–Kier alpha value is -6.00. The van der Waals surface area contributed by atoms with E-state index in [9.17, 15) is 33.9 Å². The van der Waals surface area contributed by atoms with Crippen molar-refractivity contribution in [2.45, 2.75) is 32.5 Å². The van der Waals surface area contributed by atoms with E-state index in [1.54, 1.807) is 42.5 Å². The SMILES string of the molecule is CCOc1ccc(NC(=O)CCC(=O)O)cc1.O=C(NC(O)C(=O)O)c1ccccc1.O=C(O)CNCc1cc(C(=O)O)ccc1O. The third-order valence-corrected chi connectivity index (χ3v) is 5.47. The summed E-state index contributed by atoms with van der Waals surface area (Å²) in [7, 11) is 0. The van der Waals surface area contributed by atoms with E-state index in [2.05, 4.69) is 10.6 Å². The number of aliphatic hydroxyl groups is 1. The number of phenols is 1. The number of hydrogen-bond donors (Lipinski definition) is 9. The van der Waals surface area contributed by atoms with Crippen LogP contribution in [0.5, 0.6) is 11.5 Å². The molecule has 47 heavy (non-hydrogen) atoms. The summed E-state index contributed by atoms with van der Waals surface area (Å²) in [5.41, 5.74) is 1.32. The molecule has 3 rings (SSSR count). The molecule has 252 valence electrons. The highest BCUT2D eigenvalue weighted by Crippen LogP contribution is 2.18. The molecule has 3 aromatic rings. The first-order valence-electron chi connectivity index (χ1n) is 13.7. The predicted molar refractivity (Wildman–Crippen MR) is 165 cm³/mol. The largest absolute Gasteiger partial charge is 0.508 e. The number of amides is 2. The molecular formula is C31H35N3O13. The number of ether oxygens (including phenoxy) is 1. The molecule has 1 unspecified atom stereocenters. The van der Waals surface area contributed by atoms with E-state index in [1.807, 2.05) is 12.2 Å². The summed E-state index contributed by atoms with van der Waals surface area (Å²) in [5, 5.41) is 59.1. The van der Waals surface area contributed by atoms with Crippen molar-refractivity contribution in [1.29, 1.82) is 0 Å². The third kappa shape index (κ3) is 16.6. The van der Waals surface area contributed by atoms with E-state index < -0.39 is 36.0 Å². The van der Waals surface area contributed by atoms with Gasteiger partial charge in [-0.3, -0.25) is 19.2 Å². The third-order valence-electron chi connectivity index (χ3n) is 5.47. The molecule has 0 aliphatic heterocycles. The highest BCUT2D eigenvalue weighted by molar-refractivity contribution is 5.96. The highest BCUT2D eigenvalue weighted by Gasteiger charge is 2.16. The van der Waals surface area contributed by atoms with E-state index in [0.29, 0.717) is 23.4 Å². The maximum atomic E-state index is 11.3. The number of carbonyl (C=O) groups excluding carboxylic acids is 2. The van der Waals surface area contributed by atoms with E-state index in [-0.39, 0.29) is 43.2 Å². The van der Waals surface area contributed by atoms with Crippen LogP contribution in [0.1, 0.15) is 46.0 Å². The molecule has 0 aromatic heterocycles. The lowest BCUT2D eigenvalue weighted by molar-refractivity contribution is -0.147. The molecule has 0 heterocycles. The lowest BCUT2D eigenvalue weighted by Gasteiger charge is -2.07. The second-order valence-corrected chi connectivity index (χ2v) is 9.13.